The fraction of sp³-hybridized carbons (Fsp3) is 0.412. The van der Waals surface area contributed by atoms with E-state index < -0.39 is 0 Å². The maximum atomic E-state index is 12.9. The molecule has 1 unspecified atom stereocenters. The van der Waals surface area contributed by atoms with Crippen molar-refractivity contribution in [3.63, 3.8) is 0 Å². The van der Waals surface area contributed by atoms with E-state index in [1.807, 2.05) is 11.8 Å². The number of halogens is 3. The molecule has 26 heavy (non-hydrogen) atoms. The zero-order valence-electron chi connectivity index (χ0n) is 14.5. The van der Waals surface area contributed by atoms with Crippen LogP contribution in [0.4, 0.5) is 4.39 Å². The summed E-state index contributed by atoms with van der Waals surface area (Å²) >= 11 is 1.36. The number of hydrogen-bond acceptors (Lipinski definition) is 5. The van der Waals surface area contributed by atoms with Gasteiger partial charge in [0.15, 0.2) is 0 Å². The second kappa shape index (κ2) is 10.1. The van der Waals surface area contributed by atoms with Crippen LogP contribution in [-0.2, 0) is 6.61 Å². The highest BCUT2D eigenvalue weighted by molar-refractivity contribution is 7.13. The van der Waals surface area contributed by atoms with Crippen molar-refractivity contribution >= 4 is 42.1 Å². The molecule has 9 heteroatoms. The summed E-state index contributed by atoms with van der Waals surface area (Å²) in [4.78, 5) is 19.6. The van der Waals surface area contributed by atoms with Crippen LogP contribution >= 0.6 is 36.2 Å². The fourth-order valence-corrected chi connectivity index (χ4v) is 3.59. The van der Waals surface area contributed by atoms with Crippen LogP contribution in [0.3, 0.4) is 0 Å². The molecule has 144 valence electrons. The molecule has 5 nitrogen and oxygen atoms in total. The number of thiazole rings is 1. The lowest BCUT2D eigenvalue weighted by Gasteiger charge is -2.31. The van der Waals surface area contributed by atoms with Gasteiger partial charge in [-0.3, -0.25) is 4.79 Å². The number of nitrogens with zero attached hydrogens (tertiary/aromatic N) is 2. The summed E-state index contributed by atoms with van der Waals surface area (Å²) in [6, 6.07) is 6.15. The standard InChI is InChI=1S/C17H20FN3O2S.2ClH/c1-11-9-21(8-7-19-11)17(22)16-12(2)20-15(24-16)10-23-14-5-3-13(18)4-6-14;;/h3-6,11,19H,7-10H2,1-2H3;2*1H. The van der Waals surface area contributed by atoms with Gasteiger partial charge in [-0.15, -0.1) is 36.2 Å². The second-order valence-corrected chi connectivity index (χ2v) is 6.95. The van der Waals surface area contributed by atoms with Gasteiger partial charge in [-0.05, 0) is 38.1 Å². The van der Waals surface area contributed by atoms with Gasteiger partial charge in [-0.2, -0.15) is 0 Å². The fourth-order valence-electron chi connectivity index (χ4n) is 2.65. The van der Waals surface area contributed by atoms with E-state index in [1.165, 1.54) is 23.5 Å². The lowest BCUT2D eigenvalue weighted by Crippen LogP contribution is -2.51. The number of carbonyl (C=O) groups is 1. The van der Waals surface area contributed by atoms with Crippen LogP contribution in [0.1, 0.15) is 27.3 Å². The topological polar surface area (TPSA) is 54.5 Å². The number of hydrogen-bond donors (Lipinski definition) is 1. The molecule has 1 aliphatic rings. The Hall–Kier alpha value is -1.41. The molecule has 1 aromatic carbocycles. The molecule has 0 bridgehead atoms. The monoisotopic (exact) mass is 421 g/mol. The number of aryl methyl sites for hydroxylation is 1. The minimum Gasteiger partial charge on any atom is -0.486 e. The first-order valence-corrected chi connectivity index (χ1v) is 8.72. The molecule has 1 atom stereocenters. The number of ether oxygens (including phenoxy) is 1. The number of amides is 1. The lowest BCUT2D eigenvalue weighted by molar-refractivity contribution is 0.0713. The van der Waals surface area contributed by atoms with Crippen LogP contribution < -0.4 is 10.1 Å². The molecule has 1 N–H and O–H groups in total. The van der Waals surface area contributed by atoms with Crippen molar-refractivity contribution in [3.05, 3.63) is 45.7 Å². The molecule has 0 radical (unpaired) electrons. The van der Waals surface area contributed by atoms with Crippen molar-refractivity contribution in [1.29, 1.82) is 0 Å². The van der Waals surface area contributed by atoms with Crippen LogP contribution in [0.2, 0.25) is 0 Å². The van der Waals surface area contributed by atoms with E-state index in [4.69, 9.17) is 4.74 Å². The van der Waals surface area contributed by atoms with Gasteiger partial charge < -0.3 is 15.0 Å². The normalized spacial score (nSPS) is 16.4. The predicted molar refractivity (Wildman–Crippen MR) is 105 cm³/mol. The smallest absolute Gasteiger partial charge is 0.265 e. The van der Waals surface area contributed by atoms with Crippen molar-refractivity contribution in [3.8, 4) is 5.75 Å². The minimum atomic E-state index is -0.300. The van der Waals surface area contributed by atoms with Crippen molar-refractivity contribution in [1.82, 2.24) is 15.2 Å². The molecule has 3 rings (SSSR count). The van der Waals surface area contributed by atoms with Crippen LogP contribution in [0, 0.1) is 12.7 Å². The summed E-state index contributed by atoms with van der Waals surface area (Å²) in [5.74, 6) is 0.310. The summed E-state index contributed by atoms with van der Waals surface area (Å²) in [5, 5.41) is 4.07. The first-order chi connectivity index (χ1) is 11.5. The Bertz CT molecular complexity index is 727. The SMILES string of the molecule is Cc1nc(COc2ccc(F)cc2)sc1C(=O)N1CCNC(C)C1.Cl.Cl. The zero-order valence-corrected chi connectivity index (χ0v) is 17.0. The van der Waals surface area contributed by atoms with Crippen LogP contribution in [0.25, 0.3) is 0 Å². The Morgan fingerprint density at radius 3 is 2.73 bits per heavy atom. The Morgan fingerprint density at radius 1 is 1.38 bits per heavy atom. The van der Waals surface area contributed by atoms with Gasteiger partial charge in [0.25, 0.3) is 5.91 Å². The van der Waals surface area contributed by atoms with Gasteiger partial charge in [0.1, 0.15) is 28.1 Å². The third-order valence-corrected chi connectivity index (χ3v) is 4.99. The molecule has 0 spiro atoms. The molecule has 0 saturated carbocycles. The maximum Gasteiger partial charge on any atom is 0.265 e. The number of piperazine rings is 1. The largest absolute Gasteiger partial charge is 0.486 e. The molecule has 1 saturated heterocycles. The summed E-state index contributed by atoms with van der Waals surface area (Å²) < 4.78 is 18.5. The molecule has 2 heterocycles. The van der Waals surface area contributed by atoms with Gasteiger partial charge >= 0.3 is 0 Å². The molecule has 2 aromatic rings. The van der Waals surface area contributed by atoms with E-state index in [9.17, 15) is 9.18 Å². The number of rotatable bonds is 4. The summed E-state index contributed by atoms with van der Waals surface area (Å²) in [6.07, 6.45) is 0. The van der Waals surface area contributed by atoms with Crippen LogP contribution in [-0.4, -0.2) is 41.5 Å². The first-order valence-electron chi connectivity index (χ1n) is 7.90. The van der Waals surface area contributed by atoms with Crippen molar-refractivity contribution in [2.75, 3.05) is 19.6 Å². The molecular formula is C17H22Cl2FN3O2S. The van der Waals surface area contributed by atoms with E-state index in [0.29, 0.717) is 29.8 Å². The molecule has 1 fully saturated rings. The van der Waals surface area contributed by atoms with Gasteiger partial charge in [-0.1, -0.05) is 0 Å². The van der Waals surface area contributed by atoms with Crippen molar-refractivity contribution < 1.29 is 13.9 Å². The van der Waals surface area contributed by atoms with Gasteiger partial charge in [0.05, 0.1) is 5.69 Å². The Morgan fingerprint density at radius 2 is 2.08 bits per heavy atom. The average molecular weight is 422 g/mol. The lowest BCUT2D eigenvalue weighted by atomic mass is 10.2. The highest BCUT2D eigenvalue weighted by Gasteiger charge is 2.25. The highest BCUT2D eigenvalue weighted by atomic mass is 35.5. The third-order valence-electron chi connectivity index (χ3n) is 3.87. The van der Waals surface area contributed by atoms with Crippen molar-refractivity contribution in [2.45, 2.75) is 26.5 Å². The molecule has 0 aliphatic carbocycles. The molecular weight excluding hydrogens is 400 g/mol. The van der Waals surface area contributed by atoms with Crippen LogP contribution in [0.5, 0.6) is 5.75 Å². The quantitative estimate of drug-likeness (QED) is 0.820. The van der Waals surface area contributed by atoms with E-state index in [2.05, 4.69) is 17.2 Å². The second-order valence-electron chi connectivity index (χ2n) is 5.87. The minimum absolute atomic E-state index is 0. The Balaban J connectivity index is 0.00000169. The maximum absolute atomic E-state index is 12.9. The van der Waals surface area contributed by atoms with Crippen LogP contribution in [0.15, 0.2) is 24.3 Å². The average Bonchev–Trinajstić information content (AvgIpc) is 2.94. The molecule has 1 aliphatic heterocycles. The number of benzene rings is 1. The zero-order chi connectivity index (χ0) is 17.1. The molecule has 1 aromatic heterocycles. The molecule has 1 amide bonds. The summed E-state index contributed by atoms with van der Waals surface area (Å²) in [6.45, 7) is 6.41. The summed E-state index contributed by atoms with van der Waals surface area (Å²) in [7, 11) is 0. The van der Waals surface area contributed by atoms with Gasteiger partial charge in [0.2, 0.25) is 0 Å². The van der Waals surface area contributed by atoms with Crippen molar-refractivity contribution in [2.24, 2.45) is 0 Å². The number of carbonyl (C=O) groups excluding carboxylic acids is 1. The Labute approximate surface area is 168 Å². The van der Waals surface area contributed by atoms with E-state index >= 15 is 0 Å². The summed E-state index contributed by atoms with van der Waals surface area (Å²) in [5.41, 5.74) is 0.730. The predicted octanol–water partition coefficient (Wildman–Crippen LogP) is 3.45. The van der Waals surface area contributed by atoms with E-state index in [0.717, 1.165) is 17.2 Å². The Kier molecular flexibility index (Phi) is 8.76. The van der Waals surface area contributed by atoms with E-state index in [-0.39, 0.29) is 43.1 Å². The first kappa shape index (κ1) is 22.6. The number of aromatic nitrogens is 1. The highest BCUT2D eigenvalue weighted by Crippen LogP contribution is 2.22. The number of nitrogens with one attached hydrogen (secondary N) is 1. The third kappa shape index (κ3) is 5.54. The van der Waals surface area contributed by atoms with Gasteiger partial charge in [0, 0.05) is 25.7 Å². The van der Waals surface area contributed by atoms with Gasteiger partial charge in [-0.25, -0.2) is 9.37 Å². The van der Waals surface area contributed by atoms with E-state index in [1.54, 1.807) is 12.1 Å².